The summed E-state index contributed by atoms with van der Waals surface area (Å²) in [5, 5.41) is 3.67. The molecule has 1 rings (SSSR count). The fourth-order valence-electron chi connectivity index (χ4n) is 2.65. The van der Waals surface area contributed by atoms with E-state index in [1.165, 1.54) is 6.42 Å². The molecular weight excluding hydrogens is 268 g/mol. The minimum atomic E-state index is 0.602. The molecule has 0 radical (unpaired) electrons. The third-order valence-electron chi connectivity index (χ3n) is 4.17. The summed E-state index contributed by atoms with van der Waals surface area (Å²) in [6.07, 6.45) is 1.19. The van der Waals surface area contributed by atoms with Crippen LogP contribution in [0.3, 0.4) is 0 Å². The van der Waals surface area contributed by atoms with Gasteiger partial charge >= 0.3 is 0 Å². The Bertz CT molecular complexity index is 252. The zero-order valence-corrected chi connectivity index (χ0v) is 14.3. The number of hydrogen-bond acceptors (Lipinski definition) is 5. The van der Waals surface area contributed by atoms with E-state index in [9.17, 15) is 0 Å². The number of piperazine rings is 1. The van der Waals surface area contributed by atoms with Gasteiger partial charge in [-0.25, -0.2) is 0 Å². The smallest absolute Gasteiger partial charge is 0.0701 e. The summed E-state index contributed by atoms with van der Waals surface area (Å²) in [6.45, 7) is 13.5. The lowest BCUT2D eigenvalue weighted by molar-refractivity contribution is 0.0110. The third-order valence-corrected chi connectivity index (χ3v) is 4.17. The zero-order valence-electron chi connectivity index (χ0n) is 14.3. The van der Waals surface area contributed by atoms with E-state index in [0.29, 0.717) is 44.4 Å². The molecule has 1 aliphatic rings. The highest BCUT2D eigenvalue weighted by Gasteiger charge is 2.27. The van der Waals surface area contributed by atoms with Crippen molar-refractivity contribution in [3.63, 3.8) is 0 Å². The quantitative estimate of drug-likeness (QED) is 0.584. The number of ether oxygens (including phenoxy) is 3. The van der Waals surface area contributed by atoms with Crippen LogP contribution in [0, 0.1) is 5.92 Å². The minimum Gasteiger partial charge on any atom is -0.382 e. The van der Waals surface area contributed by atoms with Crippen molar-refractivity contribution in [1.82, 2.24) is 10.2 Å². The summed E-state index contributed by atoms with van der Waals surface area (Å²) in [6, 6.07) is 1.24. The van der Waals surface area contributed by atoms with Gasteiger partial charge in [0, 0.05) is 38.8 Å². The number of nitrogens with one attached hydrogen (secondary N) is 1. The molecule has 2 atom stereocenters. The zero-order chi connectivity index (χ0) is 15.5. The molecule has 0 aromatic heterocycles. The molecular formula is C16H34N2O3. The Morgan fingerprint density at radius 2 is 1.76 bits per heavy atom. The van der Waals surface area contributed by atoms with E-state index in [1.807, 2.05) is 0 Å². The third kappa shape index (κ3) is 7.56. The van der Waals surface area contributed by atoms with E-state index in [-0.39, 0.29) is 0 Å². The Hall–Kier alpha value is -0.200. The molecule has 0 saturated carbocycles. The van der Waals surface area contributed by atoms with Gasteiger partial charge in [0.1, 0.15) is 0 Å². The SMILES string of the molecule is CCC1CNC(C(C)C)CN1CCOCCOCCOC. The van der Waals surface area contributed by atoms with Crippen LogP contribution in [0.1, 0.15) is 27.2 Å². The summed E-state index contributed by atoms with van der Waals surface area (Å²) in [7, 11) is 1.68. The molecule has 1 aliphatic heterocycles. The van der Waals surface area contributed by atoms with Crippen molar-refractivity contribution in [2.45, 2.75) is 39.3 Å². The molecule has 0 bridgehead atoms. The van der Waals surface area contributed by atoms with Crippen LogP contribution >= 0.6 is 0 Å². The van der Waals surface area contributed by atoms with Crippen LogP contribution in [-0.2, 0) is 14.2 Å². The van der Waals surface area contributed by atoms with Crippen molar-refractivity contribution >= 4 is 0 Å². The second-order valence-electron chi connectivity index (χ2n) is 6.03. The highest BCUT2D eigenvalue weighted by molar-refractivity contribution is 4.86. The van der Waals surface area contributed by atoms with Crippen molar-refractivity contribution in [2.75, 3.05) is 59.8 Å². The van der Waals surface area contributed by atoms with Gasteiger partial charge in [-0.15, -0.1) is 0 Å². The van der Waals surface area contributed by atoms with Crippen molar-refractivity contribution in [1.29, 1.82) is 0 Å². The summed E-state index contributed by atoms with van der Waals surface area (Å²) >= 11 is 0. The van der Waals surface area contributed by atoms with Crippen molar-refractivity contribution in [3.8, 4) is 0 Å². The first-order valence-corrected chi connectivity index (χ1v) is 8.30. The van der Waals surface area contributed by atoms with Crippen LogP contribution in [0.4, 0.5) is 0 Å². The standard InChI is InChI=1S/C16H34N2O3/c1-5-15-12-17-16(14(2)3)13-18(15)6-7-20-10-11-21-9-8-19-4/h14-17H,5-13H2,1-4H3. The van der Waals surface area contributed by atoms with Gasteiger partial charge in [0.05, 0.1) is 33.0 Å². The monoisotopic (exact) mass is 302 g/mol. The van der Waals surface area contributed by atoms with Crippen molar-refractivity contribution in [3.05, 3.63) is 0 Å². The van der Waals surface area contributed by atoms with Gasteiger partial charge in [0.25, 0.3) is 0 Å². The number of rotatable bonds is 11. The summed E-state index contributed by atoms with van der Waals surface area (Å²) in [5.41, 5.74) is 0. The van der Waals surface area contributed by atoms with E-state index in [4.69, 9.17) is 14.2 Å². The Kier molecular flexibility index (Phi) is 10.2. The topological polar surface area (TPSA) is 43.0 Å². The predicted molar refractivity (Wildman–Crippen MR) is 85.8 cm³/mol. The van der Waals surface area contributed by atoms with E-state index >= 15 is 0 Å². The first-order valence-electron chi connectivity index (χ1n) is 8.30. The second-order valence-corrected chi connectivity index (χ2v) is 6.03. The van der Waals surface area contributed by atoms with Gasteiger partial charge in [-0.05, 0) is 12.3 Å². The van der Waals surface area contributed by atoms with E-state index < -0.39 is 0 Å². The Labute approximate surface area is 130 Å². The number of nitrogens with zero attached hydrogens (tertiary/aromatic N) is 1. The van der Waals surface area contributed by atoms with Gasteiger partial charge in [-0.3, -0.25) is 4.90 Å². The van der Waals surface area contributed by atoms with Gasteiger partial charge in [0.15, 0.2) is 0 Å². The van der Waals surface area contributed by atoms with Gasteiger partial charge in [-0.2, -0.15) is 0 Å². The largest absolute Gasteiger partial charge is 0.382 e. The average molecular weight is 302 g/mol. The highest BCUT2D eigenvalue weighted by Crippen LogP contribution is 2.14. The van der Waals surface area contributed by atoms with E-state index in [1.54, 1.807) is 7.11 Å². The molecule has 0 amide bonds. The van der Waals surface area contributed by atoms with E-state index in [2.05, 4.69) is 31.0 Å². The molecule has 5 nitrogen and oxygen atoms in total. The molecule has 0 aromatic carbocycles. The lowest BCUT2D eigenvalue weighted by Crippen LogP contribution is -2.58. The first-order chi connectivity index (χ1) is 10.2. The van der Waals surface area contributed by atoms with Gasteiger partial charge in [-0.1, -0.05) is 20.8 Å². The van der Waals surface area contributed by atoms with Crippen molar-refractivity contribution < 1.29 is 14.2 Å². The van der Waals surface area contributed by atoms with Crippen LogP contribution in [0.25, 0.3) is 0 Å². The molecule has 1 fully saturated rings. The summed E-state index contributed by atoms with van der Waals surface area (Å²) < 4.78 is 16.0. The van der Waals surface area contributed by atoms with E-state index in [0.717, 1.165) is 26.2 Å². The average Bonchev–Trinajstić information content (AvgIpc) is 2.49. The maximum absolute atomic E-state index is 5.68. The molecule has 2 unspecified atom stereocenters. The fourth-order valence-corrected chi connectivity index (χ4v) is 2.65. The lowest BCUT2D eigenvalue weighted by Gasteiger charge is -2.41. The Balaban J connectivity index is 2.13. The van der Waals surface area contributed by atoms with Crippen molar-refractivity contribution in [2.24, 2.45) is 5.92 Å². The molecule has 0 aliphatic carbocycles. The number of hydrogen-bond donors (Lipinski definition) is 1. The molecule has 1 heterocycles. The molecule has 126 valence electrons. The maximum atomic E-state index is 5.68. The highest BCUT2D eigenvalue weighted by atomic mass is 16.5. The van der Waals surface area contributed by atoms with Crippen LogP contribution in [-0.4, -0.2) is 76.8 Å². The summed E-state index contributed by atoms with van der Waals surface area (Å²) in [5.74, 6) is 0.681. The molecule has 0 aromatic rings. The summed E-state index contributed by atoms with van der Waals surface area (Å²) in [4.78, 5) is 2.58. The van der Waals surface area contributed by atoms with Crippen LogP contribution in [0.2, 0.25) is 0 Å². The van der Waals surface area contributed by atoms with Crippen LogP contribution in [0.15, 0.2) is 0 Å². The Morgan fingerprint density at radius 1 is 1.10 bits per heavy atom. The second kappa shape index (κ2) is 11.4. The van der Waals surface area contributed by atoms with Gasteiger partial charge in [0.2, 0.25) is 0 Å². The van der Waals surface area contributed by atoms with Crippen LogP contribution in [0.5, 0.6) is 0 Å². The minimum absolute atomic E-state index is 0.602. The predicted octanol–water partition coefficient (Wildman–Crippen LogP) is 1.37. The Morgan fingerprint density at radius 3 is 2.38 bits per heavy atom. The number of methoxy groups -OCH3 is 1. The fraction of sp³-hybridized carbons (Fsp3) is 1.00. The lowest BCUT2D eigenvalue weighted by atomic mass is 9.98. The molecule has 21 heavy (non-hydrogen) atoms. The van der Waals surface area contributed by atoms with Crippen LogP contribution < -0.4 is 5.32 Å². The first kappa shape index (κ1) is 18.8. The van der Waals surface area contributed by atoms with Gasteiger partial charge < -0.3 is 19.5 Å². The molecule has 0 spiro atoms. The maximum Gasteiger partial charge on any atom is 0.0701 e. The molecule has 1 saturated heterocycles. The molecule has 5 heteroatoms. The normalized spacial score (nSPS) is 23.9. The molecule has 1 N–H and O–H groups in total.